The van der Waals surface area contributed by atoms with Crippen molar-refractivity contribution in [2.24, 2.45) is 7.05 Å². The second-order valence-corrected chi connectivity index (χ2v) is 4.46. The van der Waals surface area contributed by atoms with Crippen molar-refractivity contribution in [1.29, 1.82) is 0 Å². The van der Waals surface area contributed by atoms with Crippen molar-refractivity contribution in [2.45, 2.75) is 6.10 Å². The molecule has 94 valence electrons. The molecule has 0 saturated carbocycles. The summed E-state index contributed by atoms with van der Waals surface area (Å²) in [5.41, 5.74) is 0.556. The number of carbonyl (C=O) groups is 1. The van der Waals surface area contributed by atoms with Crippen LogP contribution in [0.3, 0.4) is 0 Å². The van der Waals surface area contributed by atoms with Gasteiger partial charge in [0, 0.05) is 32.5 Å². The molecule has 0 spiro atoms. The number of aromatic nitrogens is 3. The molecule has 0 atom stereocenters. The first kappa shape index (κ1) is 11.0. The summed E-state index contributed by atoms with van der Waals surface area (Å²) in [4.78, 5) is 13.9. The summed E-state index contributed by atoms with van der Waals surface area (Å²) in [6.07, 6.45) is 4.93. The number of hydrogen-bond donors (Lipinski definition) is 1. The van der Waals surface area contributed by atoms with Gasteiger partial charge in [-0.05, 0) is 12.1 Å². The van der Waals surface area contributed by atoms with Crippen LogP contribution in [0.15, 0.2) is 30.7 Å². The standard InChI is InChI=1S/C12H14N4O2/c1-14-11(15-4-2-3-5-15)10(6-13-14)12(18)16-7-9(17)8-16/h2-6,9,17H,7-8H2,1H3. The first-order valence-electron chi connectivity index (χ1n) is 5.79. The fourth-order valence-corrected chi connectivity index (χ4v) is 2.16. The number of carbonyl (C=O) groups excluding carboxylic acids is 1. The first-order chi connectivity index (χ1) is 8.66. The monoisotopic (exact) mass is 246 g/mol. The third-order valence-corrected chi connectivity index (χ3v) is 3.14. The molecule has 0 aliphatic carbocycles. The Bertz CT molecular complexity index is 567. The maximum Gasteiger partial charge on any atom is 0.259 e. The predicted octanol–water partition coefficient (Wildman–Crippen LogP) is 0.0275. The zero-order valence-corrected chi connectivity index (χ0v) is 10.0. The maximum atomic E-state index is 12.3. The Morgan fingerprint density at radius 2 is 2.06 bits per heavy atom. The first-order valence-corrected chi connectivity index (χ1v) is 5.79. The van der Waals surface area contributed by atoms with Crippen LogP contribution < -0.4 is 0 Å². The molecule has 1 amide bonds. The summed E-state index contributed by atoms with van der Waals surface area (Å²) in [6.45, 7) is 0.803. The van der Waals surface area contributed by atoms with Gasteiger partial charge in [-0.3, -0.25) is 9.48 Å². The molecule has 2 aromatic rings. The second kappa shape index (κ2) is 3.99. The number of aryl methyl sites for hydroxylation is 1. The van der Waals surface area contributed by atoms with E-state index in [9.17, 15) is 9.90 Å². The van der Waals surface area contributed by atoms with Crippen LogP contribution >= 0.6 is 0 Å². The Kier molecular flexibility index (Phi) is 2.45. The van der Waals surface area contributed by atoms with E-state index in [0.717, 1.165) is 5.82 Å². The molecular formula is C12H14N4O2. The van der Waals surface area contributed by atoms with Crippen LogP contribution in [0.1, 0.15) is 10.4 Å². The Hall–Kier alpha value is -2.08. The maximum absolute atomic E-state index is 12.3. The highest BCUT2D eigenvalue weighted by atomic mass is 16.3. The van der Waals surface area contributed by atoms with Gasteiger partial charge in [-0.1, -0.05) is 0 Å². The average molecular weight is 246 g/mol. The second-order valence-electron chi connectivity index (χ2n) is 4.46. The third kappa shape index (κ3) is 1.62. The fraction of sp³-hybridized carbons (Fsp3) is 0.333. The van der Waals surface area contributed by atoms with Crippen molar-refractivity contribution in [3.8, 4) is 5.82 Å². The fourth-order valence-electron chi connectivity index (χ4n) is 2.16. The number of nitrogens with zero attached hydrogens (tertiary/aromatic N) is 4. The summed E-state index contributed by atoms with van der Waals surface area (Å²) >= 11 is 0. The lowest BCUT2D eigenvalue weighted by Gasteiger charge is -2.35. The smallest absolute Gasteiger partial charge is 0.259 e. The quantitative estimate of drug-likeness (QED) is 0.813. The highest BCUT2D eigenvalue weighted by Gasteiger charge is 2.32. The van der Waals surface area contributed by atoms with E-state index in [4.69, 9.17) is 0 Å². The van der Waals surface area contributed by atoms with E-state index < -0.39 is 0 Å². The SMILES string of the molecule is Cn1ncc(C(=O)N2CC(O)C2)c1-n1cccc1. The van der Waals surface area contributed by atoms with Gasteiger partial charge in [0.25, 0.3) is 5.91 Å². The molecule has 0 radical (unpaired) electrons. The zero-order chi connectivity index (χ0) is 12.7. The van der Waals surface area contributed by atoms with Gasteiger partial charge in [0.05, 0.1) is 12.3 Å². The van der Waals surface area contributed by atoms with Gasteiger partial charge in [0.1, 0.15) is 11.4 Å². The topological polar surface area (TPSA) is 63.3 Å². The Morgan fingerprint density at radius 1 is 1.39 bits per heavy atom. The van der Waals surface area contributed by atoms with Crippen LogP contribution in [0, 0.1) is 0 Å². The van der Waals surface area contributed by atoms with Crippen molar-refractivity contribution >= 4 is 5.91 Å². The van der Waals surface area contributed by atoms with Gasteiger partial charge in [0.2, 0.25) is 0 Å². The van der Waals surface area contributed by atoms with Crippen molar-refractivity contribution in [2.75, 3.05) is 13.1 Å². The number of aliphatic hydroxyl groups excluding tert-OH is 1. The van der Waals surface area contributed by atoms with Gasteiger partial charge in [-0.15, -0.1) is 0 Å². The molecule has 0 aromatic carbocycles. The largest absolute Gasteiger partial charge is 0.389 e. The van der Waals surface area contributed by atoms with Gasteiger partial charge in [-0.2, -0.15) is 5.10 Å². The minimum atomic E-state index is -0.388. The van der Waals surface area contributed by atoms with Gasteiger partial charge < -0.3 is 14.6 Å². The van der Waals surface area contributed by atoms with Crippen molar-refractivity contribution in [3.63, 3.8) is 0 Å². The van der Waals surface area contributed by atoms with Gasteiger partial charge >= 0.3 is 0 Å². The molecule has 3 heterocycles. The summed E-state index contributed by atoms with van der Waals surface area (Å²) in [5.74, 6) is 0.656. The molecule has 6 heteroatoms. The van der Waals surface area contributed by atoms with E-state index in [2.05, 4.69) is 5.10 Å². The molecule has 18 heavy (non-hydrogen) atoms. The summed E-state index contributed by atoms with van der Waals surface area (Å²) in [7, 11) is 1.80. The highest BCUT2D eigenvalue weighted by Crippen LogP contribution is 2.19. The van der Waals surface area contributed by atoms with E-state index in [1.54, 1.807) is 22.8 Å². The van der Waals surface area contributed by atoms with E-state index in [0.29, 0.717) is 18.7 Å². The number of β-amino-alcohol motifs (C(OH)–C–C–N with tert-alkyl or cyclic N) is 1. The van der Waals surface area contributed by atoms with E-state index in [-0.39, 0.29) is 12.0 Å². The molecule has 1 fully saturated rings. The van der Waals surface area contributed by atoms with Crippen LogP contribution in [0.4, 0.5) is 0 Å². The molecule has 3 rings (SSSR count). The molecular weight excluding hydrogens is 232 g/mol. The van der Waals surface area contributed by atoms with Crippen molar-refractivity contribution in [1.82, 2.24) is 19.2 Å². The molecule has 1 aliphatic heterocycles. The number of aliphatic hydroxyl groups is 1. The Labute approximate surface area is 104 Å². The number of likely N-dealkylation sites (tertiary alicyclic amines) is 1. The minimum Gasteiger partial charge on any atom is -0.389 e. The Morgan fingerprint density at radius 3 is 2.67 bits per heavy atom. The van der Waals surface area contributed by atoms with E-state index >= 15 is 0 Å². The van der Waals surface area contributed by atoms with Crippen LogP contribution in [-0.4, -0.2) is 49.5 Å². The predicted molar refractivity (Wildman–Crippen MR) is 64.4 cm³/mol. The molecule has 2 aromatic heterocycles. The lowest BCUT2D eigenvalue weighted by Crippen LogP contribution is -2.53. The number of amides is 1. The summed E-state index contributed by atoms with van der Waals surface area (Å²) < 4.78 is 3.53. The zero-order valence-electron chi connectivity index (χ0n) is 10.0. The lowest BCUT2D eigenvalue weighted by molar-refractivity contribution is 0.00589. The summed E-state index contributed by atoms with van der Waals surface area (Å²) in [6, 6.07) is 3.79. The van der Waals surface area contributed by atoms with Gasteiger partial charge in [-0.25, -0.2) is 0 Å². The molecule has 1 saturated heterocycles. The van der Waals surface area contributed by atoms with Crippen LogP contribution in [0.25, 0.3) is 5.82 Å². The number of rotatable bonds is 2. The van der Waals surface area contributed by atoms with E-state index in [1.807, 2.05) is 29.1 Å². The molecule has 0 unspecified atom stereocenters. The van der Waals surface area contributed by atoms with Crippen LogP contribution in [-0.2, 0) is 7.05 Å². The Balaban J connectivity index is 1.96. The summed E-state index contributed by atoms with van der Waals surface area (Å²) in [5, 5.41) is 13.4. The van der Waals surface area contributed by atoms with Crippen molar-refractivity contribution in [3.05, 3.63) is 36.3 Å². The third-order valence-electron chi connectivity index (χ3n) is 3.14. The number of hydrogen-bond acceptors (Lipinski definition) is 3. The lowest BCUT2D eigenvalue weighted by atomic mass is 10.1. The van der Waals surface area contributed by atoms with Crippen LogP contribution in [0.5, 0.6) is 0 Å². The molecule has 1 N–H and O–H groups in total. The molecule has 0 bridgehead atoms. The highest BCUT2D eigenvalue weighted by molar-refractivity contribution is 5.97. The molecule has 6 nitrogen and oxygen atoms in total. The van der Waals surface area contributed by atoms with Crippen LogP contribution in [0.2, 0.25) is 0 Å². The van der Waals surface area contributed by atoms with Crippen molar-refractivity contribution < 1.29 is 9.90 Å². The minimum absolute atomic E-state index is 0.0860. The van der Waals surface area contributed by atoms with Gasteiger partial charge in [0.15, 0.2) is 0 Å². The normalized spacial score (nSPS) is 15.8. The average Bonchev–Trinajstić information content (AvgIpc) is 2.92. The van der Waals surface area contributed by atoms with E-state index in [1.165, 1.54) is 0 Å². The molecule has 1 aliphatic rings.